The molecule has 0 aromatic heterocycles. The zero-order chi connectivity index (χ0) is 3.54. The summed E-state index contributed by atoms with van der Waals surface area (Å²) in [5.41, 5.74) is 0. The number of hydrogen-bond acceptors (Lipinski definition) is 0. The summed E-state index contributed by atoms with van der Waals surface area (Å²) in [6.45, 7) is 0. The largest absolute Gasteiger partial charge is 0.197 e. The van der Waals surface area contributed by atoms with Gasteiger partial charge in [0.2, 0.25) is 0 Å². The van der Waals surface area contributed by atoms with Crippen LogP contribution in [0.3, 0.4) is 0 Å². The van der Waals surface area contributed by atoms with Gasteiger partial charge in [-0.2, -0.15) is 13.5 Å². The second kappa shape index (κ2) is 3.04. The maximum absolute atomic E-state index is 2.12. The number of rotatable bonds is 0. The predicted molar refractivity (Wildman–Crippen MR) is 33.3 cm³/mol. The van der Waals surface area contributed by atoms with Gasteiger partial charge in [-0.3, -0.25) is 0 Å². The minimum absolute atomic E-state index is 0. The standard InChI is InChI=1S/C5H6.H2S/c1-2-4-5-3-1;/h1-4H,5H2;1H2. The van der Waals surface area contributed by atoms with Crippen LogP contribution >= 0.6 is 13.5 Å². The molecule has 34 valence electrons. The van der Waals surface area contributed by atoms with Crippen molar-refractivity contribution in [2.45, 2.75) is 6.42 Å². The molecule has 0 saturated carbocycles. The van der Waals surface area contributed by atoms with Crippen molar-refractivity contribution in [2.75, 3.05) is 0 Å². The van der Waals surface area contributed by atoms with Crippen molar-refractivity contribution < 1.29 is 0 Å². The van der Waals surface area contributed by atoms with E-state index in [0.29, 0.717) is 0 Å². The molecule has 0 heterocycles. The van der Waals surface area contributed by atoms with Crippen LogP contribution < -0.4 is 0 Å². The highest BCUT2D eigenvalue weighted by Gasteiger charge is 1.72. The first-order chi connectivity index (χ1) is 2.50. The summed E-state index contributed by atoms with van der Waals surface area (Å²) < 4.78 is 0. The van der Waals surface area contributed by atoms with E-state index >= 15 is 0 Å². The molecule has 0 aromatic carbocycles. The van der Waals surface area contributed by atoms with Gasteiger partial charge in [-0.15, -0.1) is 0 Å². The van der Waals surface area contributed by atoms with E-state index in [2.05, 4.69) is 24.3 Å². The second-order valence-corrected chi connectivity index (χ2v) is 1.09. The van der Waals surface area contributed by atoms with Crippen LogP contribution in [0.5, 0.6) is 0 Å². The summed E-state index contributed by atoms with van der Waals surface area (Å²) in [7, 11) is 0. The lowest BCUT2D eigenvalue weighted by Crippen LogP contribution is -1.37. The highest BCUT2D eigenvalue weighted by atomic mass is 32.1. The van der Waals surface area contributed by atoms with Gasteiger partial charge in [0.1, 0.15) is 0 Å². The third kappa shape index (κ3) is 1.31. The van der Waals surface area contributed by atoms with Gasteiger partial charge in [0, 0.05) is 0 Å². The Hall–Kier alpha value is -0.170. The fraction of sp³-hybridized carbons (Fsp3) is 0.200. The molecule has 0 bridgehead atoms. The normalized spacial score (nSPS) is 14.7. The lowest BCUT2D eigenvalue weighted by Gasteiger charge is -1.57. The molecule has 6 heavy (non-hydrogen) atoms. The van der Waals surface area contributed by atoms with Crippen LogP contribution in [0, 0.1) is 0 Å². The van der Waals surface area contributed by atoms with Gasteiger partial charge in [0.05, 0.1) is 0 Å². The maximum atomic E-state index is 2.12. The fourth-order valence-electron chi connectivity index (χ4n) is 0.393. The third-order valence-corrected chi connectivity index (χ3v) is 0.655. The van der Waals surface area contributed by atoms with Gasteiger partial charge in [0.15, 0.2) is 0 Å². The molecule has 0 aromatic rings. The van der Waals surface area contributed by atoms with Crippen molar-refractivity contribution in [3.8, 4) is 0 Å². The van der Waals surface area contributed by atoms with Crippen LogP contribution in [-0.4, -0.2) is 0 Å². The molecule has 0 aliphatic heterocycles. The molecule has 1 heteroatoms. The van der Waals surface area contributed by atoms with E-state index < -0.39 is 0 Å². The Balaban J connectivity index is 0.000000250. The van der Waals surface area contributed by atoms with Gasteiger partial charge < -0.3 is 0 Å². The summed E-state index contributed by atoms with van der Waals surface area (Å²) in [6.07, 6.45) is 9.50. The highest BCUT2D eigenvalue weighted by molar-refractivity contribution is 7.59. The summed E-state index contributed by atoms with van der Waals surface area (Å²) in [5.74, 6) is 0. The van der Waals surface area contributed by atoms with E-state index in [1.807, 2.05) is 0 Å². The first-order valence-electron chi connectivity index (χ1n) is 1.82. The topological polar surface area (TPSA) is 0 Å². The van der Waals surface area contributed by atoms with Crippen LogP contribution in [0.15, 0.2) is 24.3 Å². The Bertz CT molecular complexity index is 62.0. The summed E-state index contributed by atoms with van der Waals surface area (Å²) >= 11 is 0. The Kier molecular flexibility index (Phi) is 2.95. The van der Waals surface area contributed by atoms with Crippen molar-refractivity contribution in [2.24, 2.45) is 0 Å². The average molecular weight is 100 g/mol. The molecule has 1 aliphatic rings. The lowest BCUT2D eigenvalue weighted by atomic mass is 10.5. The van der Waals surface area contributed by atoms with Crippen LogP contribution in [0.4, 0.5) is 0 Å². The smallest absolute Gasteiger partial charge is 0.0163 e. The predicted octanol–water partition coefficient (Wildman–Crippen LogP) is 1.62. The van der Waals surface area contributed by atoms with Crippen molar-refractivity contribution >= 4 is 13.5 Å². The first-order valence-corrected chi connectivity index (χ1v) is 1.82. The highest BCUT2D eigenvalue weighted by Crippen LogP contribution is 1.93. The molecule has 0 amide bonds. The van der Waals surface area contributed by atoms with Crippen LogP contribution in [0.2, 0.25) is 0 Å². The van der Waals surface area contributed by atoms with Gasteiger partial charge in [-0.1, -0.05) is 24.3 Å². The van der Waals surface area contributed by atoms with E-state index in [0.717, 1.165) is 6.42 Å². The molecular weight excluding hydrogens is 92.1 g/mol. The molecule has 0 saturated heterocycles. The fourth-order valence-corrected chi connectivity index (χ4v) is 0.393. The summed E-state index contributed by atoms with van der Waals surface area (Å²) in [6, 6.07) is 0. The summed E-state index contributed by atoms with van der Waals surface area (Å²) in [5, 5.41) is 0. The van der Waals surface area contributed by atoms with Gasteiger partial charge >= 0.3 is 0 Å². The maximum Gasteiger partial charge on any atom is -0.0163 e. The van der Waals surface area contributed by atoms with Crippen LogP contribution in [-0.2, 0) is 0 Å². The minimum Gasteiger partial charge on any atom is -0.197 e. The monoisotopic (exact) mass is 100 g/mol. The van der Waals surface area contributed by atoms with Crippen LogP contribution in [0.1, 0.15) is 6.42 Å². The Morgan fingerprint density at radius 2 is 1.50 bits per heavy atom. The molecule has 1 aliphatic carbocycles. The third-order valence-electron chi connectivity index (χ3n) is 0.655. The first kappa shape index (κ1) is 5.83. The molecule has 0 fully saturated rings. The Morgan fingerprint density at radius 1 is 1.00 bits per heavy atom. The molecular formula is C5H8S. The molecule has 1 rings (SSSR count). The van der Waals surface area contributed by atoms with E-state index in [1.54, 1.807) is 0 Å². The zero-order valence-corrected chi connectivity index (χ0v) is 4.52. The van der Waals surface area contributed by atoms with Crippen molar-refractivity contribution in [3.63, 3.8) is 0 Å². The van der Waals surface area contributed by atoms with Gasteiger partial charge in [-0.25, -0.2) is 0 Å². The van der Waals surface area contributed by atoms with Crippen LogP contribution in [0.25, 0.3) is 0 Å². The van der Waals surface area contributed by atoms with E-state index in [4.69, 9.17) is 0 Å². The average Bonchev–Trinajstić information content (AvgIpc) is 1.76. The number of allylic oxidation sites excluding steroid dienone is 4. The SMILES string of the molecule is C1=CCC=C1.S. The zero-order valence-electron chi connectivity index (χ0n) is 3.52. The molecule has 0 unspecified atom stereocenters. The second-order valence-electron chi connectivity index (χ2n) is 1.09. The minimum atomic E-state index is 0. The van der Waals surface area contributed by atoms with Gasteiger partial charge in [0.25, 0.3) is 0 Å². The summed E-state index contributed by atoms with van der Waals surface area (Å²) in [4.78, 5) is 0. The number of hydrogen-bond donors (Lipinski definition) is 0. The Morgan fingerprint density at radius 3 is 1.67 bits per heavy atom. The van der Waals surface area contributed by atoms with Crippen molar-refractivity contribution in [1.82, 2.24) is 0 Å². The van der Waals surface area contributed by atoms with E-state index in [-0.39, 0.29) is 13.5 Å². The molecule has 0 atom stereocenters. The van der Waals surface area contributed by atoms with Crippen molar-refractivity contribution in [3.05, 3.63) is 24.3 Å². The molecule has 0 radical (unpaired) electrons. The van der Waals surface area contributed by atoms with E-state index in [9.17, 15) is 0 Å². The molecule has 0 N–H and O–H groups in total. The van der Waals surface area contributed by atoms with Gasteiger partial charge in [-0.05, 0) is 6.42 Å². The Labute approximate surface area is 45.0 Å². The molecule has 0 nitrogen and oxygen atoms in total. The van der Waals surface area contributed by atoms with Crippen molar-refractivity contribution in [1.29, 1.82) is 0 Å². The van der Waals surface area contributed by atoms with E-state index in [1.165, 1.54) is 0 Å². The lowest BCUT2D eigenvalue weighted by molar-refractivity contribution is 1.45. The quantitative estimate of drug-likeness (QED) is 0.434. The molecule has 0 spiro atoms.